The number of hydrogen-bond donors (Lipinski definition) is 1. The molecule has 1 aliphatic rings. The fraction of sp³-hybridized carbons (Fsp3) is 0.917. The van der Waals surface area contributed by atoms with E-state index in [9.17, 15) is 4.79 Å². The fourth-order valence-corrected chi connectivity index (χ4v) is 2.48. The Morgan fingerprint density at radius 1 is 1.31 bits per heavy atom. The molecular formula is C12H23NO3. The van der Waals surface area contributed by atoms with Crippen LogP contribution < -0.4 is 5.32 Å². The SMILES string of the molecule is COC(=O)C1(NC(C)C)CCC(OC)CC1. The van der Waals surface area contributed by atoms with Crippen LogP contribution >= 0.6 is 0 Å². The van der Waals surface area contributed by atoms with Crippen LogP contribution in [-0.4, -0.2) is 37.9 Å². The minimum absolute atomic E-state index is 0.143. The van der Waals surface area contributed by atoms with E-state index in [4.69, 9.17) is 9.47 Å². The van der Waals surface area contributed by atoms with Crippen LogP contribution in [0.15, 0.2) is 0 Å². The van der Waals surface area contributed by atoms with Crippen molar-refractivity contribution in [3.63, 3.8) is 0 Å². The molecule has 4 heteroatoms. The lowest BCUT2D eigenvalue weighted by Crippen LogP contribution is -2.57. The molecule has 0 aliphatic heterocycles. The first-order chi connectivity index (χ1) is 7.54. The highest BCUT2D eigenvalue weighted by atomic mass is 16.5. The molecule has 0 atom stereocenters. The largest absolute Gasteiger partial charge is 0.468 e. The molecule has 1 N–H and O–H groups in total. The predicted molar refractivity (Wildman–Crippen MR) is 62.3 cm³/mol. The van der Waals surface area contributed by atoms with Crippen molar-refractivity contribution < 1.29 is 14.3 Å². The van der Waals surface area contributed by atoms with Crippen molar-refractivity contribution in [3.8, 4) is 0 Å². The van der Waals surface area contributed by atoms with Crippen LogP contribution in [0, 0.1) is 0 Å². The lowest BCUT2D eigenvalue weighted by atomic mass is 9.79. The van der Waals surface area contributed by atoms with Gasteiger partial charge in [0.15, 0.2) is 0 Å². The lowest BCUT2D eigenvalue weighted by Gasteiger charge is -2.39. The summed E-state index contributed by atoms with van der Waals surface area (Å²) in [6.07, 6.45) is 3.68. The van der Waals surface area contributed by atoms with Gasteiger partial charge in [-0.2, -0.15) is 0 Å². The van der Waals surface area contributed by atoms with Gasteiger partial charge in [-0.25, -0.2) is 0 Å². The Morgan fingerprint density at radius 3 is 2.25 bits per heavy atom. The molecule has 1 fully saturated rings. The van der Waals surface area contributed by atoms with Crippen molar-refractivity contribution in [3.05, 3.63) is 0 Å². The van der Waals surface area contributed by atoms with Crippen molar-refractivity contribution in [1.29, 1.82) is 0 Å². The fourth-order valence-electron chi connectivity index (χ4n) is 2.48. The van der Waals surface area contributed by atoms with E-state index in [0.717, 1.165) is 25.7 Å². The first-order valence-electron chi connectivity index (χ1n) is 5.93. The molecule has 0 spiro atoms. The summed E-state index contributed by atoms with van der Waals surface area (Å²) in [7, 11) is 3.18. The number of esters is 1. The number of nitrogens with one attached hydrogen (secondary N) is 1. The number of carbonyl (C=O) groups is 1. The van der Waals surface area contributed by atoms with E-state index in [1.165, 1.54) is 7.11 Å². The maximum atomic E-state index is 11.9. The van der Waals surface area contributed by atoms with Crippen LogP contribution in [0.1, 0.15) is 39.5 Å². The minimum Gasteiger partial charge on any atom is -0.468 e. The Hall–Kier alpha value is -0.610. The van der Waals surface area contributed by atoms with E-state index in [1.54, 1.807) is 7.11 Å². The van der Waals surface area contributed by atoms with Crippen LogP contribution in [0.3, 0.4) is 0 Å². The van der Waals surface area contributed by atoms with Crippen molar-refractivity contribution in [1.82, 2.24) is 5.32 Å². The first-order valence-corrected chi connectivity index (χ1v) is 5.93. The summed E-state index contributed by atoms with van der Waals surface area (Å²) < 4.78 is 10.2. The molecule has 0 heterocycles. The van der Waals surface area contributed by atoms with Crippen molar-refractivity contribution >= 4 is 5.97 Å². The van der Waals surface area contributed by atoms with Gasteiger partial charge < -0.3 is 9.47 Å². The zero-order chi connectivity index (χ0) is 12.2. The first kappa shape index (κ1) is 13.5. The van der Waals surface area contributed by atoms with E-state index in [2.05, 4.69) is 5.32 Å². The summed E-state index contributed by atoms with van der Waals surface area (Å²) in [4.78, 5) is 11.9. The number of methoxy groups -OCH3 is 2. The van der Waals surface area contributed by atoms with E-state index < -0.39 is 5.54 Å². The second kappa shape index (κ2) is 5.64. The molecular weight excluding hydrogens is 206 g/mol. The Balaban J connectivity index is 2.70. The highest BCUT2D eigenvalue weighted by molar-refractivity contribution is 5.81. The molecule has 0 amide bonds. The second-order valence-corrected chi connectivity index (χ2v) is 4.81. The van der Waals surface area contributed by atoms with E-state index >= 15 is 0 Å². The van der Waals surface area contributed by atoms with Gasteiger partial charge in [-0.05, 0) is 39.5 Å². The van der Waals surface area contributed by atoms with Gasteiger partial charge >= 0.3 is 5.97 Å². The Bertz CT molecular complexity index is 232. The van der Waals surface area contributed by atoms with Crippen LogP contribution in [-0.2, 0) is 14.3 Å². The quantitative estimate of drug-likeness (QED) is 0.742. The predicted octanol–water partition coefficient (Wildman–Crippen LogP) is 1.49. The van der Waals surface area contributed by atoms with Gasteiger partial charge in [-0.15, -0.1) is 0 Å². The highest BCUT2D eigenvalue weighted by Gasteiger charge is 2.43. The molecule has 0 aromatic rings. The molecule has 94 valence electrons. The van der Waals surface area contributed by atoms with Gasteiger partial charge in [0.1, 0.15) is 5.54 Å². The zero-order valence-corrected chi connectivity index (χ0v) is 10.7. The zero-order valence-electron chi connectivity index (χ0n) is 10.7. The summed E-state index contributed by atoms with van der Waals surface area (Å²) in [5, 5.41) is 3.36. The Kier molecular flexibility index (Phi) is 4.74. The summed E-state index contributed by atoms with van der Waals surface area (Å²) in [6.45, 7) is 4.10. The number of rotatable bonds is 4. The smallest absolute Gasteiger partial charge is 0.326 e. The molecule has 0 saturated heterocycles. The van der Waals surface area contributed by atoms with E-state index in [0.29, 0.717) is 0 Å². The monoisotopic (exact) mass is 229 g/mol. The number of ether oxygens (including phenoxy) is 2. The van der Waals surface area contributed by atoms with Gasteiger partial charge in [-0.3, -0.25) is 10.1 Å². The molecule has 0 aromatic carbocycles. The molecule has 0 aromatic heterocycles. The Morgan fingerprint density at radius 2 is 1.88 bits per heavy atom. The molecule has 16 heavy (non-hydrogen) atoms. The van der Waals surface area contributed by atoms with Gasteiger partial charge in [0.2, 0.25) is 0 Å². The van der Waals surface area contributed by atoms with Crippen molar-refractivity contribution in [2.75, 3.05) is 14.2 Å². The summed E-state index contributed by atoms with van der Waals surface area (Å²) in [5.41, 5.74) is -0.502. The minimum atomic E-state index is -0.502. The third kappa shape index (κ3) is 2.95. The average molecular weight is 229 g/mol. The standard InChI is InChI=1S/C12H23NO3/c1-9(2)13-12(11(14)16-4)7-5-10(15-3)6-8-12/h9-10,13H,5-8H2,1-4H3. The van der Waals surface area contributed by atoms with Gasteiger partial charge in [0.05, 0.1) is 13.2 Å². The van der Waals surface area contributed by atoms with Crippen LogP contribution in [0.25, 0.3) is 0 Å². The van der Waals surface area contributed by atoms with Crippen molar-refractivity contribution in [2.45, 2.75) is 57.2 Å². The van der Waals surface area contributed by atoms with Gasteiger partial charge in [-0.1, -0.05) is 0 Å². The summed E-state index contributed by atoms with van der Waals surface area (Å²) in [6, 6.07) is 0.276. The van der Waals surface area contributed by atoms with Gasteiger partial charge in [0, 0.05) is 13.2 Å². The number of carbonyl (C=O) groups excluding carboxylic acids is 1. The molecule has 1 aliphatic carbocycles. The summed E-state index contributed by atoms with van der Waals surface area (Å²) >= 11 is 0. The normalized spacial score (nSPS) is 30.4. The average Bonchev–Trinajstić information content (AvgIpc) is 2.28. The van der Waals surface area contributed by atoms with Crippen molar-refractivity contribution in [2.24, 2.45) is 0 Å². The molecule has 1 rings (SSSR count). The van der Waals surface area contributed by atoms with Crippen LogP contribution in [0.4, 0.5) is 0 Å². The van der Waals surface area contributed by atoms with E-state index in [-0.39, 0.29) is 18.1 Å². The second-order valence-electron chi connectivity index (χ2n) is 4.81. The van der Waals surface area contributed by atoms with Gasteiger partial charge in [0.25, 0.3) is 0 Å². The van der Waals surface area contributed by atoms with Crippen LogP contribution in [0.5, 0.6) is 0 Å². The number of hydrogen-bond acceptors (Lipinski definition) is 4. The van der Waals surface area contributed by atoms with E-state index in [1.807, 2.05) is 13.8 Å². The molecule has 1 saturated carbocycles. The third-order valence-corrected chi connectivity index (χ3v) is 3.26. The molecule has 0 bridgehead atoms. The highest BCUT2D eigenvalue weighted by Crippen LogP contribution is 2.31. The summed E-state index contributed by atoms with van der Waals surface area (Å²) in [5.74, 6) is -0.143. The maximum Gasteiger partial charge on any atom is 0.326 e. The molecule has 4 nitrogen and oxygen atoms in total. The maximum absolute atomic E-state index is 11.9. The molecule has 0 unspecified atom stereocenters. The molecule has 0 radical (unpaired) electrons. The Labute approximate surface area is 97.7 Å². The third-order valence-electron chi connectivity index (χ3n) is 3.26. The lowest BCUT2D eigenvalue weighted by molar-refractivity contribution is -0.151. The van der Waals surface area contributed by atoms with Crippen LogP contribution in [0.2, 0.25) is 0 Å². The topological polar surface area (TPSA) is 47.6 Å².